The number of carbonyl (C=O) groups excluding carboxylic acids is 2. The van der Waals surface area contributed by atoms with Crippen LogP contribution in [0.3, 0.4) is 0 Å². The van der Waals surface area contributed by atoms with Gasteiger partial charge < -0.3 is 14.8 Å². The molecule has 1 atom stereocenters. The molecule has 0 spiro atoms. The lowest BCUT2D eigenvalue weighted by Gasteiger charge is -2.15. The number of rotatable bonds is 7. The Balaban J connectivity index is 1.93. The average Bonchev–Trinajstić information content (AvgIpc) is 3.15. The first-order valence-corrected chi connectivity index (χ1v) is 7.55. The summed E-state index contributed by atoms with van der Waals surface area (Å²) in [6.07, 6.45) is 0.956. The molecule has 0 saturated carbocycles. The molecule has 0 bridgehead atoms. The van der Waals surface area contributed by atoms with Gasteiger partial charge in [0.2, 0.25) is 0 Å². The molecule has 1 heterocycles. The quantitative estimate of drug-likeness (QED) is 0.261. The number of aliphatic hydroxyl groups excluding tert-OH is 1. The molecule has 0 saturated heterocycles. The van der Waals surface area contributed by atoms with Gasteiger partial charge in [0.25, 0.3) is 5.69 Å². The number of amides is 2. The number of aliphatic hydroxyl groups is 1. The van der Waals surface area contributed by atoms with E-state index in [0.717, 1.165) is 12.3 Å². The highest BCUT2D eigenvalue weighted by atomic mass is 16.6. The van der Waals surface area contributed by atoms with Crippen LogP contribution >= 0.6 is 0 Å². The first kappa shape index (κ1) is 20.2. The number of benzene rings is 1. The molecular weight excluding hydrogens is 378 g/mol. The van der Waals surface area contributed by atoms with E-state index >= 15 is 0 Å². The van der Waals surface area contributed by atoms with Gasteiger partial charge in [0, 0.05) is 12.1 Å². The van der Waals surface area contributed by atoms with Gasteiger partial charge in [-0.25, -0.2) is 5.43 Å². The summed E-state index contributed by atoms with van der Waals surface area (Å²) in [5, 5.41) is 36.2. The summed E-state index contributed by atoms with van der Waals surface area (Å²) < 4.78 is 4.77. The average molecular weight is 391 g/mol. The van der Waals surface area contributed by atoms with Gasteiger partial charge in [-0.15, -0.1) is 0 Å². The second-order valence-electron chi connectivity index (χ2n) is 5.19. The van der Waals surface area contributed by atoms with Crippen LogP contribution in [0.5, 0.6) is 0 Å². The number of nitro benzene ring substituents is 1. The van der Waals surface area contributed by atoms with Crippen LogP contribution < -0.4 is 10.7 Å². The van der Waals surface area contributed by atoms with Crippen molar-refractivity contribution in [3.05, 3.63) is 68.0 Å². The Labute approximate surface area is 155 Å². The Morgan fingerprint density at radius 2 is 1.79 bits per heavy atom. The van der Waals surface area contributed by atoms with E-state index in [0.29, 0.717) is 5.56 Å². The van der Waals surface area contributed by atoms with Gasteiger partial charge in [0.15, 0.2) is 5.76 Å². The van der Waals surface area contributed by atoms with Crippen molar-refractivity contribution >= 4 is 29.6 Å². The summed E-state index contributed by atoms with van der Waals surface area (Å²) in [6.45, 7) is -0.559. The summed E-state index contributed by atoms with van der Waals surface area (Å²) >= 11 is 0. The molecule has 0 radical (unpaired) electrons. The zero-order valence-electron chi connectivity index (χ0n) is 14.0. The molecule has 0 fully saturated rings. The SMILES string of the molecule is O=C(NN=Cc1ccc([N+](=O)[O-])o1)C(=O)N[C@H](CO)c1ccc([N+](=O)[O-])cc1. The minimum atomic E-state index is -1.17. The molecule has 13 nitrogen and oxygen atoms in total. The predicted octanol–water partition coefficient (Wildman–Crippen LogP) is 0.396. The van der Waals surface area contributed by atoms with Crippen LogP contribution in [-0.4, -0.2) is 39.6 Å². The molecule has 28 heavy (non-hydrogen) atoms. The number of hydrazone groups is 1. The Morgan fingerprint density at radius 3 is 2.32 bits per heavy atom. The van der Waals surface area contributed by atoms with Crippen LogP contribution in [0.25, 0.3) is 0 Å². The van der Waals surface area contributed by atoms with Crippen LogP contribution in [0.1, 0.15) is 17.4 Å². The fourth-order valence-electron chi connectivity index (χ4n) is 2.00. The number of hydrogen-bond donors (Lipinski definition) is 3. The largest absolute Gasteiger partial charge is 0.433 e. The monoisotopic (exact) mass is 391 g/mol. The molecule has 1 aromatic carbocycles. The highest BCUT2D eigenvalue weighted by Gasteiger charge is 2.20. The number of nitrogens with one attached hydrogen (secondary N) is 2. The van der Waals surface area contributed by atoms with Crippen molar-refractivity contribution in [2.24, 2.45) is 5.10 Å². The Kier molecular flexibility index (Phi) is 6.49. The first-order valence-electron chi connectivity index (χ1n) is 7.55. The van der Waals surface area contributed by atoms with Crippen molar-refractivity contribution in [2.45, 2.75) is 6.04 Å². The molecule has 0 aliphatic rings. The van der Waals surface area contributed by atoms with E-state index < -0.39 is 40.2 Å². The lowest BCUT2D eigenvalue weighted by molar-refractivity contribution is -0.402. The Morgan fingerprint density at radius 1 is 1.11 bits per heavy atom. The van der Waals surface area contributed by atoms with Crippen LogP contribution in [0.2, 0.25) is 0 Å². The maximum atomic E-state index is 11.9. The number of nitrogens with zero attached hydrogens (tertiary/aromatic N) is 3. The zero-order chi connectivity index (χ0) is 20.7. The fraction of sp³-hybridized carbons (Fsp3) is 0.133. The van der Waals surface area contributed by atoms with E-state index in [1.165, 1.54) is 30.3 Å². The van der Waals surface area contributed by atoms with Crippen molar-refractivity contribution in [1.82, 2.24) is 10.7 Å². The topological polar surface area (TPSA) is 190 Å². The minimum absolute atomic E-state index is 0.0217. The molecule has 1 aromatic heterocycles. The Hall–Kier alpha value is -4.13. The summed E-state index contributed by atoms with van der Waals surface area (Å²) in [6, 6.07) is 6.40. The molecule has 2 aromatic rings. The van der Waals surface area contributed by atoms with Gasteiger partial charge in [-0.1, -0.05) is 12.1 Å². The lowest BCUT2D eigenvalue weighted by atomic mass is 10.1. The molecule has 0 aliphatic carbocycles. The van der Waals surface area contributed by atoms with Crippen molar-refractivity contribution in [2.75, 3.05) is 6.61 Å². The third kappa shape index (κ3) is 5.18. The molecule has 146 valence electrons. The van der Waals surface area contributed by atoms with Gasteiger partial charge in [0.1, 0.15) is 4.92 Å². The highest BCUT2D eigenvalue weighted by molar-refractivity contribution is 6.35. The summed E-state index contributed by atoms with van der Waals surface area (Å²) in [5.41, 5.74) is 2.07. The van der Waals surface area contributed by atoms with Crippen molar-refractivity contribution < 1.29 is 29.0 Å². The van der Waals surface area contributed by atoms with Crippen molar-refractivity contribution in [3.63, 3.8) is 0 Å². The highest BCUT2D eigenvalue weighted by Crippen LogP contribution is 2.17. The molecule has 2 amide bonds. The van der Waals surface area contributed by atoms with E-state index in [1.54, 1.807) is 0 Å². The normalized spacial score (nSPS) is 11.8. The second kappa shape index (κ2) is 9.00. The molecule has 3 N–H and O–H groups in total. The summed E-state index contributed by atoms with van der Waals surface area (Å²) in [7, 11) is 0. The number of non-ortho nitro benzene ring substituents is 1. The second-order valence-corrected chi connectivity index (χ2v) is 5.19. The first-order chi connectivity index (χ1) is 13.3. The number of hydrogen-bond acceptors (Lipinski definition) is 9. The summed E-state index contributed by atoms with van der Waals surface area (Å²) in [5.74, 6) is -2.83. The van der Waals surface area contributed by atoms with Crippen LogP contribution in [-0.2, 0) is 9.59 Å². The van der Waals surface area contributed by atoms with Gasteiger partial charge in [-0.05, 0) is 11.6 Å². The van der Waals surface area contributed by atoms with Gasteiger partial charge in [-0.2, -0.15) is 5.10 Å². The molecular formula is C15H13N5O8. The minimum Gasteiger partial charge on any atom is -0.400 e. The molecule has 0 unspecified atom stereocenters. The third-order valence-corrected chi connectivity index (χ3v) is 3.35. The van der Waals surface area contributed by atoms with Gasteiger partial charge >= 0.3 is 17.7 Å². The molecule has 0 aliphatic heterocycles. The van der Waals surface area contributed by atoms with Crippen LogP contribution in [0, 0.1) is 20.2 Å². The van der Waals surface area contributed by atoms with Crippen molar-refractivity contribution in [3.8, 4) is 0 Å². The van der Waals surface area contributed by atoms with Gasteiger partial charge in [0.05, 0.1) is 29.9 Å². The van der Waals surface area contributed by atoms with Crippen molar-refractivity contribution in [1.29, 1.82) is 0 Å². The smallest absolute Gasteiger partial charge is 0.400 e. The summed E-state index contributed by atoms with van der Waals surface area (Å²) in [4.78, 5) is 43.4. The van der Waals surface area contributed by atoms with E-state index in [1.807, 2.05) is 5.43 Å². The third-order valence-electron chi connectivity index (χ3n) is 3.35. The number of furan rings is 1. The van der Waals surface area contributed by atoms with E-state index in [4.69, 9.17) is 4.42 Å². The number of carbonyl (C=O) groups is 2. The standard InChI is InChI=1S/C15H13N5O8/c21-8-12(9-1-3-10(4-2-9)19(24)25)17-14(22)15(23)18-16-7-11-5-6-13(28-11)20(26)27/h1-7,12,21H,8H2,(H,17,22)(H,18,23)/t12-/m1/s1. The maximum absolute atomic E-state index is 11.9. The fourth-order valence-corrected chi connectivity index (χ4v) is 2.00. The van der Waals surface area contributed by atoms with Crippen LogP contribution in [0.4, 0.5) is 11.6 Å². The Bertz CT molecular complexity index is 921. The maximum Gasteiger partial charge on any atom is 0.433 e. The van der Waals surface area contributed by atoms with Crippen LogP contribution in [0.15, 0.2) is 45.9 Å². The lowest BCUT2D eigenvalue weighted by Crippen LogP contribution is -2.40. The predicted molar refractivity (Wildman–Crippen MR) is 92.2 cm³/mol. The molecule has 2 rings (SSSR count). The molecule has 13 heteroatoms. The van der Waals surface area contributed by atoms with E-state index in [2.05, 4.69) is 10.4 Å². The van der Waals surface area contributed by atoms with E-state index in [-0.39, 0.29) is 11.4 Å². The zero-order valence-corrected chi connectivity index (χ0v) is 14.0. The van der Waals surface area contributed by atoms with Gasteiger partial charge in [-0.3, -0.25) is 29.8 Å². The van der Waals surface area contributed by atoms with E-state index in [9.17, 15) is 34.9 Å². The number of nitro groups is 2.